The van der Waals surface area contributed by atoms with Gasteiger partial charge in [0, 0.05) is 34.9 Å². The van der Waals surface area contributed by atoms with Gasteiger partial charge >= 0.3 is 6.03 Å². The zero-order chi connectivity index (χ0) is 37.1. The Morgan fingerprint density at radius 3 is 2.20 bits per heavy atom. The third-order valence-electron chi connectivity index (χ3n) is 9.15. The van der Waals surface area contributed by atoms with Crippen molar-refractivity contribution < 1.29 is 28.8 Å². The maximum atomic E-state index is 12.9. The number of methoxy groups -OCH3 is 1. The van der Waals surface area contributed by atoms with Crippen LogP contribution in [-0.2, 0) is 22.6 Å². The molecule has 0 aliphatic carbocycles. The third-order valence-corrected chi connectivity index (χ3v) is 10.3. The average Bonchev–Trinajstić information content (AvgIpc) is 3.23. The molecule has 0 saturated carbocycles. The second-order valence-electron chi connectivity index (χ2n) is 12.8. The lowest BCUT2D eigenvalue weighted by atomic mass is 9.98. The van der Waals surface area contributed by atoms with E-state index in [1.807, 2.05) is 127 Å². The number of aliphatic hydroxyl groups excluding tert-OH is 1. The van der Waals surface area contributed by atoms with Crippen LogP contribution in [0.5, 0.6) is 17.2 Å². The highest BCUT2D eigenvalue weighted by molar-refractivity contribution is 7.99. The molecule has 0 radical (unpaired) electrons. The molecule has 2 amide bonds. The molecule has 54 heavy (non-hydrogen) atoms. The fourth-order valence-electron chi connectivity index (χ4n) is 6.30. The van der Waals surface area contributed by atoms with Crippen LogP contribution in [0.3, 0.4) is 0 Å². The number of benzene rings is 6. The first kappa shape index (κ1) is 36.8. The molecule has 274 valence electrons. The van der Waals surface area contributed by atoms with E-state index in [0.29, 0.717) is 24.4 Å². The van der Waals surface area contributed by atoms with Crippen molar-refractivity contribution in [2.75, 3.05) is 18.2 Å². The maximum absolute atomic E-state index is 12.9. The Morgan fingerprint density at radius 2 is 1.44 bits per heavy atom. The smallest absolute Gasteiger partial charge is 0.319 e. The quantitative estimate of drug-likeness (QED) is 0.102. The van der Waals surface area contributed by atoms with Crippen molar-refractivity contribution in [3.8, 4) is 28.4 Å². The highest BCUT2D eigenvalue weighted by Gasteiger charge is 2.32. The van der Waals surface area contributed by atoms with Crippen LogP contribution in [0.2, 0.25) is 0 Å². The lowest BCUT2D eigenvalue weighted by Gasteiger charge is -2.36. The van der Waals surface area contributed by atoms with Crippen LogP contribution in [0.4, 0.5) is 10.5 Å². The second-order valence-corrected chi connectivity index (χ2v) is 13.9. The van der Waals surface area contributed by atoms with Gasteiger partial charge in [0.2, 0.25) is 0 Å². The first-order valence-electron chi connectivity index (χ1n) is 17.9. The Bertz CT molecular complexity index is 2110. The number of aliphatic hydroxyl groups is 1. The van der Waals surface area contributed by atoms with E-state index in [-0.39, 0.29) is 24.8 Å². The summed E-state index contributed by atoms with van der Waals surface area (Å²) in [6.45, 7) is 0.338. The number of carbonyl (C=O) groups is 1. The van der Waals surface area contributed by atoms with E-state index in [0.717, 1.165) is 55.5 Å². The Morgan fingerprint density at radius 1 is 0.759 bits per heavy atom. The van der Waals surface area contributed by atoms with Crippen LogP contribution in [-0.4, -0.2) is 30.1 Å². The van der Waals surface area contributed by atoms with E-state index in [1.54, 1.807) is 18.9 Å². The number of hydrogen-bond donors (Lipinski definition) is 3. The first-order chi connectivity index (χ1) is 26.5. The minimum Gasteiger partial charge on any atom is -0.496 e. The van der Waals surface area contributed by atoms with E-state index < -0.39 is 6.29 Å². The van der Waals surface area contributed by atoms with Gasteiger partial charge in [-0.3, -0.25) is 0 Å². The number of amides is 2. The SMILES string of the molecule is COc1ccccc1SC[C@H]1C[C@@H](c2ccc(CO)cc2)O[C@@H](c2ccc(-c3ccccc3CNC(=O)Nc3ccc(Oc4ccccc4)cc3)cc2)O1. The number of anilines is 1. The van der Waals surface area contributed by atoms with Gasteiger partial charge in [-0.15, -0.1) is 11.8 Å². The molecule has 0 aromatic heterocycles. The highest BCUT2D eigenvalue weighted by Crippen LogP contribution is 2.41. The van der Waals surface area contributed by atoms with Crippen molar-refractivity contribution in [2.45, 2.75) is 43.0 Å². The highest BCUT2D eigenvalue weighted by atomic mass is 32.2. The largest absolute Gasteiger partial charge is 0.496 e. The monoisotopic (exact) mass is 738 g/mol. The predicted octanol–water partition coefficient (Wildman–Crippen LogP) is 10.3. The molecule has 1 heterocycles. The summed E-state index contributed by atoms with van der Waals surface area (Å²) in [5.41, 5.74) is 6.50. The Kier molecular flexibility index (Phi) is 12.2. The van der Waals surface area contributed by atoms with Gasteiger partial charge in [0.25, 0.3) is 0 Å². The number of thioether (sulfide) groups is 1. The molecule has 3 N–H and O–H groups in total. The standard InChI is InChI=1S/C45H42N2O6S/c1-50-41-13-7-8-14-43(41)54-30-39-27-42(33-17-15-31(29-48)16-18-33)53-44(52-39)34-21-19-32(20-22-34)40-12-6-5-9-35(40)28-46-45(49)47-36-23-25-38(26-24-36)51-37-10-3-2-4-11-37/h2-26,39,42,44,48H,27-30H2,1H3,(H2,46,47,49)/t39-,42+,44+/m1/s1. The summed E-state index contributed by atoms with van der Waals surface area (Å²) in [5, 5.41) is 15.5. The van der Waals surface area contributed by atoms with Gasteiger partial charge in [-0.1, -0.05) is 103 Å². The zero-order valence-corrected chi connectivity index (χ0v) is 30.7. The molecule has 0 unspecified atom stereocenters. The van der Waals surface area contributed by atoms with Gasteiger partial charge in [0.05, 0.1) is 25.9 Å². The summed E-state index contributed by atoms with van der Waals surface area (Å²) in [5.74, 6) is 3.00. The van der Waals surface area contributed by atoms with Crippen LogP contribution < -0.4 is 20.1 Å². The number of nitrogens with one attached hydrogen (secondary N) is 2. The zero-order valence-electron chi connectivity index (χ0n) is 29.9. The Balaban J connectivity index is 1.01. The molecule has 7 rings (SSSR count). The summed E-state index contributed by atoms with van der Waals surface area (Å²) in [6.07, 6.45) is -0.146. The maximum Gasteiger partial charge on any atom is 0.319 e. The summed E-state index contributed by atoms with van der Waals surface area (Å²) in [6, 6.07) is 48.7. The van der Waals surface area contributed by atoms with Gasteiger partial charge in [-0.25, -0.2) is 4.79 Å². The van der Waals surface area contributed by atoms with Gasteiger partial charge in [-0.2, -0.15) is 0 Å². The van der Waals surface area contributed by atoms with E-state index in [2.05, 4.69) is 34.9 Å². The fourth-order valence-corrected chi connectivity index (χ4v) is 7.35. The van der Waals surface area contributed by atoms with Crippen LogP contribution in [0.15, 0.2) is 157 Å². The van der Waals surface area contributed by atoms with Crippen LogP contribution >= 0.6 is 11.8 Å². The fraction of sp³-hybridized carbons (Fsp3) is 0.178. The number of carbonyl (C=O) groups excluding carboxylic acids is 1. The first-order valence-corrected chi connectivity index (χ1v) is 18.9. The number of ether oxygens (including phenoxy) is 4. The Labute approximate surface area is 320 Å². The molecule has 1 saturated heterocycles. The normalized spacial score (nSPS) is 16.7. The molecule has 1 aliphatic rings. The minimum absolute atomic E-state index is 0.00503. The summed E-state index contributed by atoms with van der Waals surface area (Å²) < 4.78 is 24.6. The molecule has 6 aromatic carbocycles. The van der Waals surface area contributed by atoms with Crippen molar-refractivity contribution in [1.82, 2.24) is 5.32 Å². The second kappa shape index (κ2) is 18.0. The van der Waals surface area contributed by atoms with Gasteiger partial charge < -0.3 is 34.7 Å². The molecule has 1 aliphatic heterocycles. The molecule has 9 heteroatoms. The summed E-state index contributed by atoms with van der Waals surface area (Å²) >= 11 is 1.71. The van der Waals surface area contributed by atoms with Crippen molar-refractivity contribution in [3.05, 3.63) is 174 Å². The molecule has 1 fully saturated rings. The molecule has 6 aromatic rings. The van der Waals surface area contributed by atoms with Crippen LogP contribution in [0.25, 0.3) is 11.1 Å². The van der Waals surface area contributed by atoms with Gasteiger partial charge in [0.15, 0.2) is 6.29 Å². The molecule has 8 nitrogen and oxygen atoms in total. The van der Waals surface area contributed by atoms with Crippen molar-refractivity contribution in [1.29, 1.82) is 0 Å². The third kappa shape index (κ3) is 9.50. The van der Waals surface area contributed by atoms with Crippen molar-refractivity contribution in [3.63, 3.8) is 0 Å². The van der Waals surface area contributed by atoms with Crippen molar-refractivity contribution >= 4 is 23.5 Å². The predicted molar refractivity (Wildman–Crippen MR) is 213 cm³/mol. The molecular formula is C45H42N2O6S. The molecule has 0 bridgehead atoms. The van der Waals surface area contributed by atoms with E-state index in [4.69, 9.17) is 18.9 Å². The topological polar surface area (TPSA) is 98.3 Å². The lowest BCUT2D eigenvalue weighted by Crippen LogP contribution is -2.31. The van der Waals surface area contributed by atoms with Crippen LogP contribution in [0, 0.1) is 0 Å². The number of hydrogen-bond acceptors (Lipinski definition) is 7. The van der Waals surface area contributed by atoms with E-state index >= 15 is 0 Å². The van der Waals surface area contributed by atoms with Gasteiger partial charge in [-0.05, 0) is 76.3 Å². The Hall–Kier alpha value is -5.58. The van der Waals surface area contributed by atoms with E-state index in [1.165, 1.54) is 0 Å². The lowest BCUT2D eigenvalue weighted by molar-refractivity contribution is -0.245. The van der Waals surface area contributed by atoms with Crippen LogP contribution in [0.1, 0.15) is 41.1 Å². The average molecular weight is 739 g/mol. The van der Waals surface area contributed by atoms with Gasteiger partial charge in [0.1, 0.15) is 17.2 Å². The summed E-state index contributed by atoms with van der Waals surface area (Å²) in [4.78, 5) is 13.9. The number of rotatable bonds is 13. The molecular weight excluding hydrogens is 697 g/mol. The summed E-state index contributed by atoms with van der Waals surface area (Å²) in [7, 11) is 1.69. The van der Waals surface area contributed by atoms with E-state index in [9.17, 15) is 9.90 Å². The molecule has 3 atom stereocenters. The number of urea groups is 1. The number of para-hydroxylation sites is 2. The van der Waals surface area contributed by atoms with Crippen molar-refractivity contribution in [2.24, 2.45) is 0 Å². The molecule has 0 spiro atoms. The minimum atomic E-state index is -0.571.